The molecule has 0 saturated carbocycles. The molecule has 0 radical (unpaired) electrons. The highest BCUT2D eigenvalue weighted by Crippen LogP contribution is 2.22. The van der Waals surface area contributed by atoms with Crippen molar-refractivity contribution < 1.29 is 4.74 Å². The fourth-order valence-electron chi connectivity index (χ4n) is 2.02. The minimum Gasteiger partial charge on any atom is -0.439 e. The number of aromatic nitrogens is 1. The van der Waals surface area contributed by atoms with Gasteiger partial charge in [-0.2, -0.15) is 0 Å². The van der Waals surface area contributed by atoms with Crippen molar-refractivity contribution in [2.24, 2.45) is 0 Å². The Balaban J connectivity index is 2.21. The predicted octanol–water partition coefficient (Wildman–Crippen LogP) is 3.85. The highest BCUT2D eigenvalue weighted by molar-refractivity contribution is 5.33. The first-order valence-corrected chi connectivity index (χ1v) is 7.16. The zero-order valence-electron chi connectivity index (χ0n) is 12.4. The van der Waals surface area contributed by atoms with E-state index < -0.39 is 0 Å². The first-order chi connectivity index (χ1) is 9.71. The Labute approximate surface area is 121 Å². The first kappa shape index (κ1) is 14.5. The summed E-state index contributed by atoms with van der Waals surface area (Å²) in [6, 6.07) is 12.2. The van der Waals surface area contributed by atoms with Gasteiger partial charge in [0.25, 0.3) is 0 Å². The first-order valence-electron chi connectivity index (χ1n) is 7.16. The van der Waals surface area contributed by atoms with Gasteiger partial charge in [-0.15, -0.1) is 0 Å². The van der Waals surface area contributed by atoms with Crippen LogP contribution in [0.4, 0.5) is 0 Å². The Hall–Kier alpha value is -1.87. The topological polar surface area (TPSA) is 34.2 Å². The van der Waals surface area contributed by atoms with Crippen LogP contribution in [-0.4, -0.2) is 11.5 Å². The molecule has 0 aliphatic carbocycles. The minimum absolute atomic E-state index is 0.669. The summed E-state index contributed by atoms with van der Waals surface area (Å²) < 4.78 is 5.88. The number of rotatable bonds is 6. The van der Waals surface area contributed by atoms with Gasteiger partial charge in [-0.3, -0.25) is 0 Å². The normalized spacial score (nSPS) is 10.6. The average Bonchev–Trinajstić information content (AvgIpc) is 2.45. The van der Waals surface area contributed by atoms with Crippen LogP contribution < -0.4 is 10.1 Å². The van der Waals surface area contributed by atoms with E-state index in [1.165, 1.54) is 11.1 Å². The third kappa shape index (κ3) is 4.07. The molecule has 20 heavy (non-hydrogen) atoms. The third-order valence-electron chi connectivity index (χ3n) is 3.07. The summed E-state index contributed by atoms with van der Waals surface area (Å²) in [5.41, 5.74) is 3.45. The number of nitrogens with zero attached hydrogens (tertiary/aromatic N) is 1. The van der Waals surface area contributed by atoms with Crippen molar-refractivity contribution in [3.63, 3.8) is 0 Å². The molecule has 3 heteroatoms. The van der Waals surface area contributed by atoms with Crippen molar-refractivity contribution in [1.82, 2.24) is 10.3 Å². The number of nitrogens with one attached hydrogen (secondary N) is 1. The summed E-state index contributed by atoms with van der Waals surface area (Å²) in [6.07, 6.45) is 0.907. The van der Waals surface area contributed by atoms with E-state index >= 15 is 0 Å². The summed E-state index contributed by atoms with van der Waals surface area (Å²) in [7, 11) is 0. The summed E-state index contributed by atoms with van der Waals surface area (Å²) in [5.74, 6) is 1.50. The van der Waals surface area contributed by atoms with Gasteiger partial charge in [-0.25, -0.2) is 4.98 Å². The van der Waals surface area contributed by atoms with Crippen molar-refractivity contribution in [3.05, 3.63) is 53.2 Å². The molecule has 0 spiro atoms. The number of hydrogen-bond donors (Lipinski definition) is 1. The van der Waals surface area contributed by atoms with Crippen LogP contribution >= 0.6 is 0 Å². The van der Waals surface area contributed by atoms with Gasteiger partial charge < -0.3 is 10.1 Å². The van der Waals surface area contributed by atoms with Crippen molar-refractivity contribution in [1.29, 1.82) is 0 Å². The Morgan fingerprint density at radius 1 is 1.15 bits per heavy atom. The molecular formula is C17H22N2O. The van der Waals surface area contributed by atoms with Crippen LogP contribution in [-0.2, 0) is 13.0 Å². The predicted molar refractivity (Wildman–Crippen MR) is 82.2 cm³/mol. The lowest BCUT2D eigenvalue weighted by molar-refractivity contribution is 0.459. The van der Waals surface area contributed by atoms with E-state index in [1.54, 1.807) is 0 Å². The smallest absolute Gasteiger partial charge is 0.219 e. The van der Waals surface area contributed by atoms with E-state index in [4.69, 9.17) is 4.74 Å². The second-order valence-corrected chi connectivity index (χ2v) is 4.86. The van der Waals surface area contributed by atoms with E-state index in [0.29, 0.717) is 5.88 Å². The van der Waals surface area contributed by atoms with Crippen molar-refractivity contribution in [2.75, 3.05) is 6.54 Å². The van der Waals surface area contributed by atoms with E-state index in [-0.39, 0.29) is 0 Å². The molecule has 0 amide bonds. The van der Waals surface area contributed by atoms with Gasteiger partial charge in [-0.1, -0.05) is 26.0 Å². The van der Waals surface area contributed by atoms with Crippen LogP contribution in [0.3, 0.4) is 0 Å². The average molecular weight is 270 g/mol. The molecule has 1 N–H and O–H groups in total. The number of hydrogen-bond acceptors (Lipinski definition) is 3. The van der Waals surface area contributed by atoms with E-state index in [9.17, 15) is 0 Å². The minimum atomic E-state index is 0.669. The van der Waals surface area contributed by atoms with Crippen molar-refractivity contribution >= 4 is 0 Å². The van der Waals surface area contributed by atoms with E-state index in [0.717, 1.165) is 31.0 Å². The summed E-state index contributed by atoms with van der Waals surface area (Å²) in [5, 5.41) is 3.33. The van der Waals surface area contributed by atoms with Crippen molar-refractivity contribution in [3.8, 4) is 11.6 Å². The van der Waals surface area contributed by atoms with Gasteiger partial charge in [0.15, 0.2) is 0 Å². The molecule has 0 aliphatic heterocycles. The van der Waals surface area contributed by atoms with Gasteiger partial charge in [-0.05, 0) is 49.2 Å². The fourth-order valence-corrected chi connectivity index (χ4v) is 2.02. The summed E-state index contributed by atoms with van der Waals surface area (Å²) in [6.45, 7) is 8.06. The zero-order valence-corrected chi connectivity index (χ0v) is 12.4. The molecule has 2 rings (SSSR count). The highest BCUT2D eigenvalue weighted by atomic mass is 16.5. The number of aryl methyl sites for hydroxylation is 2. The molecule has 1 aromatic heterocycles. The van der Waals surface area contributed by atoms with Gasteiger partial charge in [0.1, 0.15) is 5.75 Å². The monoisotopic (exact) mass is 270 g/mol. The maximum absolute atomic E-state index is 5.88. The second-order valence-electron chi connectivity index (χ2n) is 4.86. The summed E-state index contributed by atoms with van der Waals surface area (Å²) in [4.78, 5) is 4.53. The quantitative estimate of drug-likeness (QED) is 0.865. The Kier molecular flexibility index (Phi) is 5.13. The van der Waals surface area contributed by atoms with E-state index in [1.807, 2.05) is 24.3 Å². The lowest BCUT2D eigenvalue weighted by Gasteiger charge is -2.10. The highest BCUT2D eigenvalue weighted by Gasteiger charge is 2.04. The molecule has 3 nitrogen and oxygen atoms in total. The molecule has 0 atom stereocenters. The molecule has 0 bridgehead atoms. The largest absolute Gasteiger partial charge is 0.439 e. The molecule has 106 valence electrons. The molecule has 0 saturated heterocycles. The second kappa shape index (κ2) is 7.06. The molecule has 0 aliphatic rings. The SMILES string of the molecule is CCNCc1cc(CC)nc(Oc2cccc(C)c2)c1. The Bertz CT molecular complexity index is 567. The number of pyridine rings is 1. The third-order valence-corrected chi connectivity index (χ3v) is 3.07. The van der Waals surface area contributed by atoms with Gasteiger partial charge in [0.2, 0.25) is 5.88 Å². The zero-order chi connectivity index (χ0) is 14.4. The van der Waals surface area contributed by atoms with Crippen molar-refractivity contribution in [2.45, 2.75) is 33.7 Å². The summed E-state index contributed by atoms with van der Waals surface area (Å²) >= 11 is 0. The van der Waals surface area contributed by atoms with Crippen LogP contribution in [0.2, 0.25) is 0 Å². The lowest BCUT2D eigenvalue weighted by Crippen LogP contribution is -2.12. The molecule has 2 aromatic rings. The van der Waals surface area contributed by atoms with Gasteiger partial charge >= 0.3 is 0 Å². The lowest BCUT2D eigenvalue weighted by atomic mass is 10.2. The molecular weight excluding hydrogens is 248 g/mol. The Morgan fingerprint density at radius 3 is 2.70 bits per heavy atom. The van der Waals surface area contributed by atoms with E-state index in [2.05, 4.69) is 43.2 Å². The number of benzene rings is 1. The number of ether oxygens (including phenoxy) is 1. The van der Waals surface area contributed by atoms with Crippen LogP contribution in [0.25, 0.3) is 0 Å². The van der Waals surface area contributed by atoms with Crippen LogP contribution in [0.5, 0.6) is 11.6 Å². The maximum atomic E-state index is 5.88. The van der Waals surface area contributed by atoms with Gasteiger partial charge in [0.05, 0.1) is 0 Å². The van der Waals surface area contributed by atoms with Crippen LogP contribution in [0.15, 0.2) is 36.4 Å². The van der Waals surface area contributed by atoms with Crippen LogP contribution in [0, 0.1) is 6.92 Å². The molecule has 0 unspecified atom stereocenters. The van der Waals surface area contributed by atoms with Gasteiger partial charge in [0, 0.05) is 18.3 Å². The Morgan fingerprint density at radius 2 is 2.00 bits per heavy atom. The standard InChI is InChI=1S/C17H22N2O/c1-4-15-10-14(12-18-5-2)11-17(19-15)20-16-8-6-7-13(3)9-16/h6-11,18H,4-5,12H2,1-3H3. The molecule has 1 heterocycles. The maximum Gasteiger partial charge on any atom is 0.219 e. The fraction of sp³-hybridized carbons (Fsp3) is 0.353. The molecule has 0 fully saturated rings. The van der Waals surface area contributed by atoms with Crippen LogP contribution in [0.1, 0.15) is 30.7 Å². The molecule has 1 aromatic carbocycles.